The molecule has 29 heavy (non-hydrogen) atoms. The lowest BCUT2D eigenvalue weighted by molar-refractivity contribution is 0.0953. The van der Waals surface area contributed by atoms with E-state index in [2.05, 4.69) is 20.8 Å². The number of nitrogens with one attached hydrogen (secondary N) is 2. The van der Waals surface area contributed by atoms with Crippen molar-refractivity contribution in [2.45, 2.75) is 20.0 Å². The highest BCUT2D eigenvalue weighted by molar-refractivity contribution is 7.13. The molecule has 0 aliphatic rings. The SMILES string of the molecule is CCCNC(=O)c1ccc(NC(=O)c2nnc(COc3ccc(F)cc3)s2)cc1. The molecule has 3 aromatic rings. The number of benzene rings is 2. The summed E-state index contributed by atoms with van der Waals surface area (Å²) < 4.78 is 18.4. The van der Waals surface area contributed by atoms with E-state index in [0.717, 1.165) is 17.8 Å². The molecule has 0 aliphatic carbocycles. The molecular weight excluding hydrogens is 395 g/mol. The van der Waals surface area contributed by atoms with E-state index < -0.39 is 5.91 Å². The number of rotatable bonds is 8. The molecule has 7 nitrogen and oxygen atoms in total. The van der Waals surface area contributed by atoms with E-state index in [0.29, 0.717) is 28.6 Å². The van der Waals surface area contributed by atoms with Gasteiger partial charge in [-0.05, 0) is 55.0 Å². The van der Waals surface area contributed by atoms with E-state index in [1.54, 1.807) is 24.3 Å². The molecule has 2 N–H and O–H groups in total. The molecule has 1 aromatic heterocycles. The molecule has 3 rings (SSSR count). The first kappa shape index (κ1) is 20.4. The zero-order chi connectivity index (χ0) is 20.6. The van der Waals surface area contributed by atoms with E-state index in [-0.39, 0.29) is 23.3 Å². The summed E-state index contributed by atoms with van der Waals surface area (Å²) in [4.78, 5) is 24.2. The highest BCUT2D eigenvalue weighted by Crippen LogP contribution is 2.17. The van der Waals surface area contributed by atoms with Crippen LogP contribution in [0.1, 0.15) is 38.5 Å². The van der Waals surface area contributed by atoms with Crippen molar-refractivity contribution < 1.29 is 18.7 Å². The number of nitrogens with zero attached hydrogens (tertiary/aromatic N) is 2. The fraction of sp³-hybridized carbons (Fsp3) is 0.200. The van der Waals surface area contributed by atoms with Crippen LogP contribution in [0.25, 0.3) is 0 Å². The Hall–Kier alpha value is -3.33. The number of aromatic nitrogens is 2. The van der Waals surface area contributed by atoms with Crippen molar-refractivity contribution in [3.8, 4) is 5.75 Å². The number of hydrogen-bond acceptors (Lipinski definition) is 6. The molecule has 0 fully saturated rings. The third kappa shape index (κ3) is 5.82. The van der Waals surface area contributed by atoms with Crippen molar-refractivity contribution in [2.24, 2.45) is 0 Å². The lowest BCUT2D eigenvalue weighted by Gasteiger charge is -2.06. The number of hydrogen-bond donors (Lipinski definition) is 2. The van der Waals surface area contributed by atoms with E-state index in [1.807, 2.05) is 6.92 Å². The zero-order valence-electron chi connectivity index (χ0n) is 15.6. The highest BCUT2D eigenvalue weighted by atomic mass is 32.1. The molecular formula is C20H19FN4O3S. The zero-order valence-corrected chi connectivity index (χ0v) is 16.5. The number of carbonyl (C=O) groups excluding carboxylic acids is 2. The fourth-order valence-corrected chi connectivity index (χ4v) is 2.96. The maximum Gasteiger partial charge on any atom is 0.286 e. The number of amides is 2. The topological polar surface area (TPSA) is 93.2 Å². The molecule has 0 saturated heterocycles. The minimum atomic E-state index is -0.404. The van der Waals surface area contributed by atoms with E-state index in [9.17, 15) is 14.0 Å². The Morgan fingerprint density at radius 1 is 1.03 bits per heavy atom. The quantitative estimate of drug-likeness (QED) is 0.587. The summed E-state index contributed by atoms with van der Waals surface area (Å²) in [5.41, 5.74) is 1.06. The van der Waals surface area contributed by atoms with Crippen LogP contribution >= 0.6 is 11.3 Å². The third-order valence-electron chi connectivity index (χ3n) is 3.78. The molecule has 0 radical (unpaired) electrons. The Morgan fingerprint density at radius 3 is 2.45 bits per heavy atom. The monoisotopic (exact) mass is 414 g/mol. The van der Waals surface area contributed by atoms with Crippen LogP contribution in [-0.2, 0) is 6.61 Å². The van der Waals surface area contributed by atoms with Crippen molar-refractivity contribution in [1.29, 1.82) is 0 Å². The first-order valence-electron chi connectivity index (χ1n) is 8.95. The van der Waals surface area contributed by atoms with E-state index in [4.69, 9.17) is 4.74 Å². The smallest absolute Gasteiger partial charge is 0.286 e. The van der Waals surface area contributed by atoms with Crippen molar-refractivity contribution in [1.82, 2.24) is 15.5 Å². The Labute approximate surface area is 170 Å². The second-order valence-electron chi connectivity index (χ2n) is 6.03. The second-order valence-corrected chi connectivity index (χ2v) is 7.09. The predicted octanol–water partition coefficient (Wildman–Crippen LogP) is 3.65. The first-order valence-corrected chi connectivity index (χ1v) is 9.77. The first-order chi connectivity index (χ1) is 14.0. The summed E-state index contributed by atoms with van der Waals surface area (Å²) in [5, 5.41) is 14.0. The van der Waals surface area contributed by atoms with Gasteiger partial charge in [0.2, 0.25) is 5.01 Å². The average molecular weight is 414 g/mol. The van der Waals surface area contributed by atoms with Crippen LogP contribution in [0.3, 0.4) is 0 Å². The predicted molar refractivity (Wildman–Crippen MR) is 108 cm³/mol. The van der Waals surface area contributed by atoms with Gasteiger partial charge >= 0.3 is 0 Å². The Bertz CT molecular complexity index is 974. The average Bonchev–Trinajstić information content (AvgIpc) is 3.21. The molecule has 2 aromatic carbocycles. The summed E-state index contributed by atoms with van der Waals surface area (Å²) in [6.07, 6.45) is 0.860. The standard InChI is InChI=1S/C20H19FN4O3S/c1-2-11-22-18(26)13-3-7-15(8-4-13)23-19(27)20-25-24-17(29-20)12-28-16-9-5-14(21)6-10-16/h3-10H,2,11-12H2,1H3,(H,22,26)(H,23,27). The Morgan fingerprint density at radius 2 is 1.76 bits per heavy atom. The van der Waals surface area contributed by atoms with Gasteiger partial charge in [0.25, 0.3) is 11.8 Å². The lowest BCUT2D eigenvalue weighted by Crippen LogP contribution is -2.23. The largest absolute Gasteiger partial charge is 0.486 e. The molecule has 1 heterocycles. The van der Waals surface area contributed by atoms with Gasteiger partial charge in [-0.1, -0.05) is 18.3 Å². The van der Waals surface area contributed by atoms with Gasteiger partial charge in [0.15, 0.2) is 5.01 Å². The fourth-order valence-electron chi connectivity index (χ4n) is 2.31. The molecule has 0 unspecified atom stereocenters. The number of halogens is 1. The van der Waals surface area contributed by atoms with Crippen LogP contribution in [0.4, 0.5) is 10.1 Å². The van der Waals surface area contributed by atoms with Gasteiger partial charge in [-0.2, -0.15) is 0 Å². The molecule has 0 atom stereocenters. The molecule has 150 valence electrons. The van der Waals surface area contributed by atoms with E-state index >= 15 is 0 Å². The molecule has 0 aliphatic heterocycles. The Balaban J connectivity index is 1.54. The number of carbonyl (C=O) groups is 2. The highest BCUT2D eigenvalue weighted by Gasteiger charge is 2.14. The maximum absolute atomic E-state index is 12.9. The van der Waals surface area contributed by atoms with Gasteiger partial charge in [-0.3, -0.25) is 9.59 Å². The van der Waals surface area contributed by atoms with Gasteiger partial charge in [0, 0.05) is 17.8 Å². The Kier molecular flexibility index (Phi) is 6.85. The second kappa shape index (κ2) is 9.74. The molecule has 9 heteroatoms. The van der Waals surface area contributed by atoms with Crippen molar-refractivity contribution in [2.75, 3.05) is 11.9 Å². The molecule has 0 bridgehead atoms. The number of ether oxygens (including phenoxy) is 1. The van der Waals surface area contributed by atoms with Crippen LogP contribution in [0, 0.1) is 5.82 Å². The van der Waals surface area contributed by atoms with Gasteiger partial charge in [0.05, 0.1) is 0 Å². The van der Waals surface area contributed by atoms with Crippen LogP contribution in [0.2, 0.25) is 0 Å². The van der Waals surface area contributed by atoms with Crippen LogP contribution in [0.15, 0.2) is 48.5 Å². The van der Waals surface area contributed by atoms with Crippen LogP contribution < -0.4 is 15.4 Å². The minimum absolute atomic E-state index is 0.123. The summed E-state index contributed by atoms with van der Waals surface area (Å²) in [6.45, 7) is 2.71. The van der Waals surface area contributed by atoms with Crippen molar-refractivity contribution in [3.05, 3.63) is 69.9 Å². The minimum Gasteiger partial charge on any atom is -0.486 e. The third-order valence-corrected chi connectivity index (χ3v) is 4.67. The summed E-state index contributed by atoms with van der Waals surface area (Å²) in [7, 11) is 0. The maximum atomic E-state index is 12.9. The van der Waals surface area contributed by atoms with Crippen molar-refractivity contribution in [3.63, 3.8) is 0 Å². The van der Waals surface area contributed by atoms with E-state index in [1.165, 1.54) is 24.3 Å². The van der Waals surface area contributed by atoms with Gasteiger partial charge in [-0.15, -0.1) is 10.2 Å². The summed E-state index contributed by atoms with van der Waals surface area (Å²) >= 11 is 1.10. The van der Waals surface area contributed by atoms with Crippen LogP contribution in [-0.4, -0.2) is 28.6 Å². The molecule has 2 amide bonds. The number of anilines is 1. The van der Waals surface area contributed by atoms with Crippen molar-refractivity contribution >= 4 is 28.8 Å². The van der Waals surface area contributed by atoms with Gasteiger partial charge in [0.1, 0.15) is 18.2 Å². The summed E-state index contributed by atoms with van der Waals surface area (Å²) in [6, 6.07) is 12.2. The normalized spacial score (nSPS) is 10.4. The summed E-state index contributed by atoms with van der Waals surface area (Å²) in [5.74, 6) is -0.407. The van der Waals surface area contributed by atoms with Gasteiger partial charge < -0.3 is 15.4 Å². The lowest BCUT2D eigenvalue weighted by atomic mass is 10.2. The van der Waals surface area contributed by atoms with Crippen LogP contribution in [0.5, 0.6) is 5.75 Å². The molecule has 0 spiro atoms. The molecule has 0 saturated carbocycles. The van der Waals surface area contributed by atoms with Gasteiger partial charge in [-0.25, -0.2) is 4.39 Å².